The summed E-state index contributed by atoms with van der Waals surface area (Å²) in [7, 11) is 1.79. The molecule has 0 bridgehead atoms. The van der Waals surface area contributed by atoms with Gasteiger partial charge in [0, 0.05) is 19.3 Å². The van der Waals surface area contributed by atoms with Crippen LogP contribution in [0.15, 0.2) is 24.4 Å². The lowest BCUT2D eigenvalue weighted by molar-refractivity contribution is 1.00. The minimum absolute atomic E-state index is 0.238. The Bertz CT molecular complexity index is 540. The predicted octanol–water partition coefficient (Wildman–Crippen LogP) is 1.42. The Kier molecular flexibility index (Phi) is 3.57. The Morgan fingerprint density at radius 2 is 2.06 bits per heavy atom. The first-order valence-electron chi connectivity index (χ1n) is 5.65. The van der Waals surface area contributed by atoms with Gasteiger partial charge in [0.1, 0.15) is 11.6 Å². The van der Waals surface area contributed by atoms with Crippen molar-refractivity contribution in [3.63, 3.8) is 0 Å². The summed E-state index contributed by atoms with van der Waals surface area (Å²) in [6.07, 6.45) is 1.78. The molecule has 6 heteroatoms. The van der Waals surface area contributed by atoms with Crippen LogP contribution >= 0.6 is 0 Å². The molecule has 0 aliphatic carbocycles. The van der Waals surface area contributed by atoms with Gasteiger partial charge in [-0.3, -0.25) is 4.98 Å². The maximum Gasteiger partial charge on any atom is 0.223 e. The van der Waals surface area contributed by atoms with Gasteiger partial charge in [0.05, 0.1) is 12.2 Å². The van der Waals surface area contributed by atoms with E-state index in [1.165, 1.54) is 0 Å². The number of nitrogens with two attached hydrogens (primary N) is 1. The monoisotopic (exact) mass is 244 g/mol. The molecule has 0 unspecified atom stereocenters. The smallest absolute Gasteiger partial charge is 0.223 e. The van der Waals surface area contributed by atoms with Gasteiger partial charge >= 0.3 is 0 Å². The Morgan fingerprint density at radius 3 is 2.78 bits per heavy atom. The van der Waals surface area contributed by atoms with Crippen LogP contribution in [0.5, 0.6) is 0 Å². The molecule has 2 aromatic rings. The van der Waals surface area contributed by atoms with Gasteiger partial charge in [-0.25, -0.2) is 0 Å². The molecule has 94 valence electrons. The molecule has 4 N–H and O–H groups in total. The molecule has 0 atom stereocenters. The average molecular weight is 244 g/mol. The summed E-state index contributed by atoms with van der Waals surface area (Å²) in [5.41, 5.74) is 7.74. The van der Waals surface area contributed by atoms with Crippen molar-refractivity contribution < 1.29 is 0 Å². The van der Waals surface area contributed by atoms with Gasteiger partial charge in [0.2, 0.25) is 5.95 Å². The van der Waals surface area contributed by atoms with Crippen molar-refractivity contribution in [2.75, 3.05) is 23.4 Å². The lowest BCUT2D eigenvalue weighted by Gasteiger charge is -2.09. The minimum Gasteiger partial charge on any atom is -0.373 e. The largest absolute Gasteiger partial charge is 0.373 e. The summed E-state index contributed by atoms with van der Waals surface area (Å²) in [4.78, 5) is 12.4. The number of pyridine rings is 1. The fourth-order valence-corrected chi connectivity index (χ4v) is 1.56. The highest BCUT2D eigenvalue weighted by molar-refractivity contribution is 5.50. The summed E-state index contributed by atoms with van der Waals surface area (Å²) < 4.78 is 0. The highest BCUT2D eigenvalue weighted by Crippen LogP contribution is 2.13. The van der Waals surface area contributed by atoms with Crippen molar-refractivity contribution >= 4 is 17.6 Å². The fourth-order valence-electron chi connectivity index (χ4n) is 1.56. The maximum absolute atomic E-state index is 5.62. The number of rotatable bonds is 4. The number of hydrogen-bond donors (Lipinski definition) is 3. The Balaban J connectivity index is 2.11. The molecule has 0 aromatic carbocycles. The molecule has 0 aliphatic heterocycles. The number of nitrogen functional groups attached to an aromatic ring is 1. The zero-order valence-corrected chi connectivity index (χ0v) is 10.4. The van der Waals surface area contributed by atoms with Crippen molar-refractivity contribution in [1.82, 2.24) is 15.0 Å². The second-order valence-electron chi connectivity index (χ2n) is 3.87. The summed E-state index contributed by atoms with van der Waals surface area (Å²) >= 11 is 0. The average Bonchev–Trinajstić information content (AvgIpc) is 2.37. The third kappa shape index (κ3) is 2.85. The van der Waals surface area contributed by atoms with Gasteiger partial charge in [-0.15, -0.1) is 0 Å². The van der Waals surface area contributed by atoms with Crippen LogP contribution in [0.25, 0.3) is 0 Å². The number of aromatic nitrogens is 3. The lowest BCUT2D eigenvalue weighted by Crippen LogP contribution is -2.08. The van der Waals surface area contributed by atoms with Gasteiger partial charge in [0.15, 0.2) is 0 Å². The van der Waals surface area contributed by atoms with E-state index in [0.29, 0.717) is 18.2 Å². The van der Waals surface area contributed by atoms with Crippen molar-refractivity contribution in [2.24, 2.45) is 0 Å². The van der Waals surface area contributed by atoms with Crippen LogP contribution < -0.4 is 16.4 Å². The zero-order valence-electron chi connectivity index (χ0n) is 10.4. The molecule has 0 saturated carbocycles. The first kappa shape index (κ1) is 12.1. The summed E-state index contributed by atoms with van der Waals surface area (Å²) in [5.74, 6) is 1.60. The number of nitrogens with one attached hydrogen (secondary N) is 2. The molecule has 18 heavy (non-hydrogen) atoms. The van der Waals surface area contributed by atoms with E-state index < -0.39 is 0 Å². The van der Waals surface area contributed by atoms with E-state index in [9.17, 15) is 0 Å². The Labute approximate surface area is 106 Å². The van der Waals surface area contributed by atoms with Gasteiger partial charge in [-0.2, -0.15) is 9.97 Å². The molecule has 2 rings (SSSR count). The molecule has 6 nitrogen and oxygen atoms in total. The predicted molar refractivity (Wildman–Crippen MR) is 72.3 cm³/mol. The van der Waals surface area contributed by atoms with Crippen LogP contribution in [-0.4, -0.2) is 22.0 Å². The standard InChI is InChI=1S/C12H16N6/c1-8-4-3-5-15-9(8)7-16-11-6-10(14-2)17-12(13)18-11/h3-6H,7H2,1-2H3,(H4,13,14,16,17,18). The SMILES string of the molecule is CNc1cc(NCc2ncccc2C)nc(N)n1. The first-order valence-corrected chi connectivity index (χ1v) is 5.65. The van der Waals surface area contributed by atoms with Crippen LogP contribution in [0.1, 0.15) is 11.3 Å². The van der Waals surface area contributed by atoms with Crippen molar-refractivity contribution in [3.8, 4) is 0 Å². The number of nitrogens with zero attached hydrogens (tertiary/aromatic N) is 3. The third-order valence-electron chi connectivity index (χ3n) is 2.55. The normalized spacial score (nSPS) is 10.1. The summed E-state index contributed by atoms with van der Waals surface area (Å²) in [6.45, 7) is 2.63. The van der Waals surface area contributed by atoms with Crippen LogP contribution in [0.3, 0.4) is 0 Å². The molecule has 2 aromatic heterocycles. The Morgan fingerprint density at radius 1 is 1.28 bits per heavy atom. The van der Waals surface area contributed by atoms with Crippen molar-refractivity contribution in [1.29, 1.82) is 0 Å². The number of anilines is 3. The lowest BCUT2D eigenvalue weighted by atomic mass is 10.2. The van der Waals surface area contributed by atoms with E-state index in [-0.39, 0.29) is 5.95 Å². The first-order chi connectivity index (χ1) is 8.69. The molecular formula is C12H16N6. The molecule has 0 saturated heterocycles. The van der Waals surface area contributed by atoms with E-state index in [1.54, 1.807) is 19.3 Å². The molecule has 0 amide bonds. The van der Waals surface area contributed by atoms with E-state index in [4.69, 9.17) is 5.73 Å². The van der Waals surface area contributed by atoms with E-state index in [1.807, 2.05) is 19.1 Å². The molecular weight excluding hydrogens is 228 g/mol. The van der Waals surface area contributed by atoms with E-state index in [0.717, 1.165) is 11.3 Å². The zero-order chi connectivity index (χ0) is 13.0. The van der Waals surface area contributed by atoms with Gasteiger partial charge < -0.3 is 16.4 Å². The highest BCUT2D eigenvalue weighted by atomic mass is 15.1. The maximum atomic E-state index is 5.62. The molecule has 2 heterocycles. The summed E-state index contributed by atoms with van der Waals surface area (Å²) in [5, 5.41) is 6.11. The van der Waals surface area contributed by atoms with Crippen molar-refractivity contribution in [2.45, 2.75) is 13.5 Å². The van der Waals surface area contributed by atoms with E-state index in [2.05, 4.69) is 25.6 Å². The van der Waals surface area contributed by atoms with Crippen molar-refractivity contribution in [3.05, 3.63) is 35.7 Å². The van der Waals surface area contributed by atoms with Gasteiger partial charge in [-0.05, 0) is 18.6 Å². The van der Waals surface area contributed by atoms with Crippen LogP contribution in [0.4, 0.5) is 17.6 Å². The minimum atomic E-state index is 0.238. The number of hydrogen-bond acceptors (Lipinski definition) is 6. The summed E-state index contributed by atoms with van der Waals surface area (Å²) in [6, 6.07) is 5.74. The topological polar surface area (TPSA) is 88.8 Å². The Hall–Kier alpha value is -2.37. The van der Waals surface area contributed by atoms with Crippen LogP contribution in [-0.2, 0) is 6.54 Å². The second-order valence-corrected chi connectivity index (χ2v) is 3.87. The van der Waals surface area contributed by atoms with Crippen LogP contribution in [0.2, 0.25) is 0 Å². The molecule has 0 aliphatic rings. The fraction of sp³-hybridized carbons (Fsp3) is 0.250. The molecule has 0 radical (unpaired) electrons. The van der Waals surface area contributed by atoms with E-state index >= 15 is 0 Å². The number of aryl methyl sites for hydroxylation is 1. The quantitative estimate of drug-likeness (QED) is 0.753. The second kappa shape index (κ2) is 5.31. The van der Waals surface area contributed by atoms with Gasteiger partial charge in [-0.1, -0.05) is 6.07 Å². The molecule has 0 spiro atoms. The highest BCUT2D eigenvalue weighted by Gasteiger charge is 2.02. The molecule has 0 fully saturated rings. The van der Waals surface area contributed by atoms with Crippen LogP contribution in [0, 0.1) is 6.92 Å². The van der Waals surface area contributed by atoms with Gasteiger partial charge in [0.25, 0.3) is 0 Å². The third-order valence-corrected chi connectivity index (χ3v) is 2.55.